The normalized spacial score (nSPS) is 10.1. The van der Waals surface area contributed by atoms with E-state index in [-0.39, 0.29) is 6.01 Å². The Morgan fingerprint density at radius 3 is 2.63 bits per heavy atom. The molecule has 1 aromatic carbocycles. The lowest BCUT2D eigenvalue weighted by Gasteiger charge is -2.07. The van der Waals surface area contributed by atoms with Gasteiger partial charge in [0.25, 0.3) is 0 Å². The number of hydrogen-bond donors (Lipinski definition) is 1. The summed E-state index contributed by atoms with van der Waals surface area (Å²) in [5.74, 6) is 1.79. The summed E-state index contributed by atoms with van der Waals surface area (Å²) in [7, 11) is 3.15. The zero-order valence-corrected chi connectivity index (χ0v) is 11.2. The maximum Gasteiger partial charge on any atom is 0.321 e. The second kappa shape index (κ2) is 5.99. The van der Waals surface area contributed by atoms with Crippen molar-refractivity contribution in [3.63, 3.8) is 0 Å². The van der Waals surface area contributed by atoms with Crippen LogP contribution in [0.4, 0.5) is 5.95 Å². The van der Waals surface area contributed by atoms with Gasteiger partial charge in [0.1, 0.15) is 5.75 Å². The lowest BCUT2D eigenvalue weighted by molar-refractivity contribution is 0.379. The number of anilines is 1. The minimum atomic E-state index is 0.281. The molecule has 1 aromatic heterocycles. The fourth-order valence-electron chi connectivity index (χ4n) is 1.58. The van der Waals surface area contributed by atoms with E-state index in [1.165, 1.54) is 7.11 Å². The highest BCUT2D eigenvalue weighted by atomic mass is 16.5. The minimum Gasteiger partial charge on any atom is -0.497 e. The Labute approximate surface area is 111 Å². The van der Waals surface area contributed by atoms with Crippen molar-refractivity contribution in [1.82, 2.24) is 15.0 Å². The van der Waals surface area contributed by atoms with Crippen molar-refractivity contribution < 1.29 is 9.47 Å². The first-order chi connectivity index (χ1) is 9.26. The second-order valence-electron chi connectivity index (χ2n) is 3.73. The van der Waals surface area contributed by atoms with Crippen LogP contribution in [-0.4, -0.2) is 35.7 Å². The summed E-state index contributed by atoms with van der Waals surface area (Å²) in [6.07, 6.45) is 0. The van der Waals surface area contributed by atoms with Crippen LogP contribution in [0.3, 0.4) is 0 Å². The maximum atomic E-state index is 5.19. The van der Waals surface area contributed by atoms with Gasteiger partial charge in [0.15, 0.2) is 5.82 Å². The Morgan fingerprint density at radius 1 is 1.11 bits per heavy atom. The summed E-state index contributed by atoms with van der Waals surface area (Å²) in [5.41, 5.74) is 0.846. The summed E-state index contributed by atoms with van der Waals surface area (Å²) < 4.78 is 10.3. The number of benzene rings is 1. The Hall–Kier alpha value is -2.37. The molecule has 100 valence electrons. The standard InChI is InChI=1S/C13H16N4O2/c1-4-14-12-15-11(16-13(17-12)19-3)9-6-5-7-10(8-9)18-2/h5-8H,4H2,1-3H3,(H,14,15,16,17). The zero-order chi connectivity index (χ0) is 13.7. The van der Waals surface area contributed by atoms with Gasteiger partial charge in [-0.3, -0.25) is 0 Å². The fraction of sp³-hybridized carbons (Fsp3) is 0.308. The fourth-order valence-corrected chi connectivity index (χ4v) is 1.58. The lowest BCUT2D eigenvalue weighted by atomic mass is 10.2. The van der Waals surface area contributed by atoms with Crippen molar-refractivity contribution in [2.75, 3.05) is 26.1 Å². The summed E-state index contributed by atoms with van der Waals surface area (Å²) in [5, 5.41) is 3.05. The van der Waals surface area contributed by atoms with Crippen molar-refractivity contribution in [3.8, 4) is 23.1 Å². The van der Waals surface area contributed by atoms with Crippen molar-refractivity contribution >= 4 is 5.95 Å². The first-order valence-electron chi connectivity index (χ1n) is 5.95. The molecular formula is C13H16N4O2. The number of rotatable bonds is 5. The molecule has 1 heterocycles. The average Bonchev–Trinajstić information content (AvgIpc) is 2.47. The maximum absolute atomic E-state index is 5.19. The smallest absolute Gasteiger partial charge is 0.321 e. The van der Waals surface area contributed by atoms with Crippen LogP contribution >= 0.6 is 0 Å². The van der Waals surface area contributed by atoms with Crippen LogP contribution in [0.25, 0.3) is 11.4 Å². The van der Waals surface area contributed by atoms with E-state index in [0.29, 0.717) is 11.8 Å². The van der Waals surface area contributed by atoms with Crippen LogP contribution in [0.5, 0.6) is 11.8 Å². The van der Waals surface area contributed by atoms with Gasteiger partial charge in [0.2, 0.25) is 5.95 Å². The summed E-state index contributed by atoms with van der Waals surface area (Å²) in [6.45, 7) is 2.70. The monoisotopic (exact) mass is 260 g/mol. The molecule has 19 heavy (non-hydrogen) atoms. The van der Waals surface area contributed by atoms with Gasteiger partial charge in [-0.15, -0.1) is 0 Å². The minimum absolute atomic E-state index is 0.281. The van der Waals surface area contributed by atoms with E-state index >= 15 is 0 Å². The molecule has 0 saturated carbocycles. The Kier molecular flexibility index (Phi) is 4.12. The first-order valence-corrected chi connectivity index (χ1v) is 5.95. The molecule has 6 nitrogen and oxygen atoms in total. The van der Waals surface area contributed by atoms with Gasteiger partial charge in [0.05, 0.1) is 14.2 Å². The Balaban J connectivity index is 2.44. The van der Waals surface area contributed by atoms with Crippen molar-refractivity contribution in [3.05, 3.63) is 24.3 Å². The van der Waals surface area contributed by atoms with E-state index in [4.69, 9.17) is 9.47 Å². The van der Waals surface area contributed by atoms with Gasteiger partial charge >= 0.3 is 6.01 Å². The van der Waals surface area contributed by atoms with Crippen molar-refractivity contribution in [2.24, 2.45) is 0 Å². The molecule has 0 aliphatic heterocycles. The molecule has 0 radical (unpaired) electrons. The molecular weight excluding hydrogens is 244 g/mol. The first kappa shape index (κ1) is 13.1. The third-order valence-electron chi connectivity index (χ3n) is 2.46. The highest BCUT2D eigenvalue weighted by Gasteiger charge is 2.09. The van der Waals surface area contributed by atoms with Gasteiger partial charge < -0.3 is 14.8 Å². The van der Waals surface area contributed by atoms with Gasteiger partial charge in [-0.1, -0.05) is 12.1 Å². The van der Waals surface area contributed by atoms with Crippen LogP contribution in [0.2, 0.25) is 0 Å². The molecule has 0 saturated heterocycles. The number of nitrogens with one attached hydrogen (secondary N) is 1. The molecule has 0 aliphatic rings. The van der Waals surface area contributed by atoms with Gasteiger partial charge in [0, 0.05) is 12.1 Å². The van der Waals surface area contributed by atoms with Crippen LogP contribution in [0.1, 0.15) is 6.92 Å². The largest absolute Gasteiger partial charge is 0.497 e. The van der Waals surface area contributed by atoms with E-state index in [9.17, 15) is 0 Å². The highest BCUT2D eigenvalue weighted by molar-refractivity contribution is 5.58. The van der Waals surface area contributed by atoms with Crippen LogP contribution in [-0.2, 0) is 0 Å². The summed E-state index contributed by atoms with van der Waals surface area (Å²) in [4.78, 5) is 12.7. The summed E-state index contributed by atoms with van der Waals surface area (Å²) in [6, 6.07) is 7.81. The number of ether oxygens (including phenoxy) is 2. The van der Waals surface area contributed by atoms with E-state index in [1.54, 1.807) is 7.11 Å². The summed E-state index contributed by atoms with van der Waals surface area (Å²) >= 11 is 0. The van der Waals surface area contributed by atoms with E-state index in [0.717, 1.165) is 17.9 Å². The average molecular weight is 260 g/mol. The molecule has 0 amide bonds. The SMILES string of the molecule is CCNc1nc(OC)nc(-c2cccc(OC)c2)n1. The molecule has 6 heteroatoms. The van der Waals surface area contributed by atoms with Gasteiger partial charge in [-0.05, 0) is 19.1 Å². The molecule has 0 bridgehead atoms. The predicted octanol–water partition coefficient (Wildman–Crippen LogP) is 1.99. The lowest BCUT2D eigenvalue weighted by Crippen LogP contribution is -2.06. The Bertz CT molecular complexity index is 560. The van der Waals surface area contributed by atoms with E-state index < -0.39 is 0 Å². The third kappa shape index (κ3) is 3.09. The van der Waals surface area contributed by atoms with Gasteiger partial charge in [-0.2, -0.15) is 15.0 Å². The molecule has 1 N–H and O–H groups in total. The number of hydrogen-bond acceptors (Lipinski definition) is 6. The Morgan fingerprint density at radius 2 is 1.95 bits per heavy atom. The molecule has 2 rings (SSSR count). The van der Waals surface area contributed by atoms with E-state index in [1.807, 2.05) is 31.2 Å². The van der Waals surface area contributed by atoms with Crippen LogP contribution in [0, 0.1) is 0 Å². The predicted molar refractivity (Wildman–Crippen MR) is 72.5 cm³/mol. The van der Waals surface area contributed by atoms with Crippen LogP contribution < -0.4 is 14.8 Å². The molecule has 0 unspecified atom stereocenters. The quantitative estimate of drug-likeness (QED) is 0.886. The topological polar surface area (TPSA) is 69.2 Å². The zero-order valence-electron chi connectivity index (χ0n) is 11.2. The van der Waals surface area contributed by atoms with Gasteiger partial charge in [-0.25, -0.2) is 0 Å². The number of aromatic nitrogens is 3. The van der Waals surface area contributed by atoms with Crippen molar-refractivity contribution in [2.45, 2.75) is 6.92 Å². The molecule has 0 aliphatic carbocycles. The molecule has 0 spiro atoms. The van der Waals surface area contributed by atoms with Crippen LogP contribution in [0.15, 0.2) is 24.3 Å². The van der Waals surface area contributed by atoms with E-state index in [2.05, 4.69) is 20.3 Å². The number of methoxy groups -OCH3 is 2. The molecule has 0 fully saturated rings. The number of nitrogens with zero attached hydrogens (tertiary/aromatic N) is 3. The van der Waals surface area contributed by atoms with Crippen molar-refractivity contribution in [1.29, 1.82) is 0 Å². The molecule has 2 aromatic rings. The second-order valence-corrected chi connectivity index (χ2v) is 3.73. The third-order valence-corrected chi connectivity index (χ3v) is 2.46. The highest BCUT2D eigenvalue weighted by Crippen LogP contribution is 2.22. The molecule has 0 atom stereocenters.